The van der Waals surface area contributed by atoms with Crippen LogP contribution in [0.1, 0.15) is 20.3 Å². The molecule has 0 saturated carbocycles. The molecule has 0 aliphatic carbocycles. The molecule has 0 saturated heterocycles. The molecule has 0 aromatic rings. The summed E-state index contributed by atoms with van der Waals surface area (Å²) in [5, 5.41) is 0.554. The summed E-state index contributed by atoms with van der Waals surface area (Å²) < 4.78 is 0. The van der Waals surface area contributed by atoms with Crippen LogP contribution in [-0.4, -0.2) is 17.0 Å². The molecule has 3 heteroatoms. The van der Waals surface area contributed by atoms with Crippen LogP contribution in [0.4, 0.5) is 0 Å². The highest BCUT2D eigenvalue weighted by molar-refractivity contribution is 6.68. The Morgan fingerprint density at radius 2 is 2.25 bits per heavy atom. The first kappa shape index (κ1) is 7.99. The van der Waals surface area contributed by atoms with Crippen molar-refractivity contribution in [1.82, 2.24) is 0 Å². The van der Waals surface area contributed by atoms with Gasteiger partial charge in [-0.15, -0.1) is 0 Å². The van der Waals surface area contributed by atoms with Crippen LogP contribution >= 0.6 is 11.6 Å². The molecule has 2 aliphatic rings. The van der Waals surface area contributed by atoms with Crippen LogP contribution < -0.4 is 0 Å². The molecule has 2 aliphatic heterocycles. The van der Waals surface area contributed by atoms with Crippen LogP contribution in [0.15, 0.2) is 22.1 Å². The first-order valence-electron chi connectivity index (χ1n) is 4.04. The summed E-state index contributed by atoms with van der Waals surface area (Å²) in [6.07, 6.45) is 6.84. The molecule has 0 N–H and O–H groups in total. The van der Waals surface area contributed by atoms with E-state index in [9.17, 15) is 0 Å². The van der Waals surface area contributed by atoms with Crippen molar-refractivity contribution in [1.29, 1.82) is 0 Å². The first-order valence-corrected chi connectivity index (χ1v) is 4.42. The quantitative estimate of drug-likeness (QED) is 0.550. The zero-order valence-corrected chi connectivity index (χ0v) is 7.97. The molecular formula is C9H11ClN2. The van der Waals surface area contributed by atoms with Gasteiger partial charge in [-0.25, -0.2) is 4.99 Å². The van der Waals surface area contributed by atoms with Crippen LogP contribution in [0, 0.1) is 5.41 Å². The minimum Gasteiger partial charge on any atom is -0.266 e. The van der Waals surface area contributed by atoms with Gasteiger partial charge in [-0.1, -0.05) is 24.6 Å². The lowest BCUT2D eigenvalue weighted by molar-refractivity contribution is 0.230. The van der Waals surface area contributed by atoms with Crippen LogP contribution in [0.3, 0.4) is 0 Å². The van der Waals surface area contributed by atoms with Crippen molar-refractivity contribution in [3.05, 3.63) is 12.2 Å². The van der Waals surface area contributed by atoms with Crippen LogP contribution in [0.5, 0.6) is 0 Å². The van der Waals surface area contributed by atoms with Gasteiger partial charge in [-0.2, -0.15) is 0 Å². The van der Waals surface area contributed by atoms with Crippen LogP contribution in [-0.2, 0) is 0 Å². The summed E-state index contributed by atoms with van der Waals surface area (Å²) in [6.45, 7) is 4.17. The molecule has 0 fully saturated rings. The summed E-state index contributed by atoms with van der Waals surface area (Å²) in [7, 11) is 0. The predicted octanol–water partition coefficient (Wildman–Crippen LogP) is 2.39. The lowest BCUT2D eigenvalue weighted by Crippen LogP contribution is -2.49. The van der Waals surface area contributed by atoms with E-state index in [0.29, 0.717) is 5.17 Å². The van der Waals surface area contributed by atoms with Gasteiger partial charge in [0.25, 0.3) is 0 Å². The first-order chi connectivity index (χ1) is 5.56. The second kappa shape index (κ2) is 2.19. The second-order valence-electron chi connectivity index (χ2n) is 3.74. The lowest BCUT2D eigenvalue weighted by atomic mass is 9.72. The SMILES string of the molecule is CC12C=NC1(C)N=C(Cl)C=CC2. The van der Waals surface area contributed by atoms with E-state index in [4.69, 9.17) is 11.6 Å². The van der Waals surface area contributed by atoms with E-state index in [1.807, 2.05) is 19.2 Å². The largest absolute Gasteiger partial charge is 0.266 e. The molecule has 2 nitrogen and oxygen atoms in total. The maximum absolute atomic E-state index is 5.86. The highest BCUT2D eigenvalue weighted by atomic mass is 35.5. The molecule has 2 unspecified atom stereocenters. The van der Waals surface area contributed by atoms with Crippen molar-refractivity contribution in [2.75, 3.05) is 0 Å². The Kier molecular flexibility index (Phi) is 1.46. The zero-order chi connectivity index (χ0) is 8.82. The fraction of sp³-hybridized carbons (Fsp3) is 0.556. The minimum absolute atomic E-state index is 0.0696. The number of hydrogen-bond acceptors (Lipinski definition) is 2. The van der Waals surface area contributed by atoms with Gasteiger partial charge in [0.1, 0.15) is 5.17 Å². The average Bonchev–Trinajstić information content (AvgIpc) is 2.06. The molecule has 0 spiro atoms. The molecule has 0 aromatic carbocycles. The van der Waals surface area contributed by atoms with Crippen LogP contribution in [0.2, 0.25) is 0 Å². The van der Waals surface area contributed by atoms with Crippen molar-refractivity contribution >= 4 is 23.0 Å². The summed E-state index contributed by atoms with van der Waals surface area (Å²) in [4.78, 5) is 8.61. The number of aliphatic imine (C=N–C) groups is 2. The van der Waals surface area contributed by atoms with Gasteiger partial charge in [0.15, 0.2) is 5.66 Å². The number of nitrogens with zero attached hydrogens (tertiary/aromatic N) is 2. The standard InChI is InChI=1S/C9H11ClN2/c1-8-5-3-4-7(10)12-9(8,2)11-6-8/h3-4,6H,5H2,1-2H3. The Hall–Kier alpha value is -0.630. The monoisotopic (exact) mass is 182 g/mol. The van der Waals surface area contributed by atoms with Crippen molar-refractivity contribution in [3.8, 4) is 0 Å². The van der Waals surface area contributed by atoms with Gasteiger partial charge < -0.3 is 0 Å². The molecule has 0 radical (unpaired) electrons. The van der Waals surface area contributed by atoms with Crippen LogP contribution in [0.25, 0.3) is 0 Å². The normalized spacial score (nSPS) is 44.4. The summed E-state index contributed by atoms with van der Waals surface area (Å²) in [5.74, 6) is 0. The molecule has 0 amide bonds. The van der Waals surface area contributed by atoms with Crippen molar-refractivity contribution in [2.45, 2.75) is 25.9 Å². The summed E-state index contributed by atoms with van der Waals surface area (Å²) in [5.41, 5.74) is -0.256. The number of hydrogen-bond donors (Lipinski definition) is 0. The summed E-state index contributed by atoms with van der Waals surface area (Å²) in [6, 6.07) is 0. The van der Waals surface area contributed by atoms with E-state index in [0.717, 1.165) is 6.42 Å². The Labute approximate surface area is 77.1 Å². The maximum atomic E-state index is 5.86. The molecule has 0 aromatic heterocycles. The highest BCUT2D eigenvalue weighted by Crippen LogP contribution is 2.45. The number of allylic oxidation sites excluding steroid dienone is 2. The Balaban J connectivity index is 2.45. The molecule has 2 rings (SSSR count). The molecule has 64 valence electrons. The lowest BCUT2D eigenvalue weighted by Gasteiger charge is -2.44. The van der Waals surface area contributed by atoms with E-state index >= 15 is 0 Å². The van der Waals surface area contributed by atoms with Gasteiger partial charge in [0.05, 0.1) is 5.41 Å². The topological polar surface area (TPSA) is 24.7 Å². The fourth-order valence-electron chi connectivity index (χ4n) is 1.52. The fourth-order valence-corrected chi connectivity index (χ4v) is 1.77. The molecule has 12 heavy (non-hydrogen) atoms. The van der Waals surface area contributed by atoms with E-state index in [1.54, 1.807) is 0 Å². The number of fused-ring (bicyclic) bond motifs is 1. The third-order valence-corrected chi connectivity index (χ3v) is 3.02. The van der Waals surface area contributed by atoms with Crippen molar-refractivity contribution in [3.63, 3.8) is 0 Å². The Morgan fingerprint density at radius 1 is 1.50 bits per heavy atom. The zero-order valence-electron chi connectivity index (χ0n) is 7.21. The number of rotatable bonds is 0. The summed E-state index contributed by atoms with van der Waals surface area (Å²) >= 11 is 5.86. The third kappa shape index (κ3) is 0.876. The van der Waals surface area contributed by atoms with E-state index < -0.39 is 0 Å². The molecular weight excluding hydrogens is 172 g/mol. The van der Waals surface area contributed by atoms with Gasteiger partial charge in [-0.3, -0.25) is 4.99 Å². The van der Waals surface area contributed by atoms with Gasteiger partial charge in [-0.05, 0) is 19.4 Å². The highest BCUT2D eigenvalue weighted by Gasteiger charge is 2.49. The van der Waals surface area contributed by atoms with Crippen molar-refractivity contribution < 1.29 is 0 Å². The second-order valence-corrected chi connectivity index (χ2v) is 4.12. The van der Waals surface area contributed by atoms with Gasteiger partial charge in [0.2, 0.25) is 0 Å². The number of halogens is 1. The molecule has 0 bridgehead atoms. The Morgan fingerprint density at radius 3 is 2.83 bits per heavy atom. The maximum Gasteiger partial charge on any atom is 0.159 e. The van der Waals surface area contributed by atoms with Crippen molar-refractivity contribution in [2.24, 2.45) is 15.4 Å². The molecule has 2 atom stereocenters. The predicted molar refractivity (Wildman–Crippen MR) is 52.0 cm³/mol. The Bertz CT molecular complexity index is 306. The average molecular weight is 183 g/mol. The van der Waals surface area contributed by atoms with E-state index in [-0.39, 0.29) is 11.1 Å². The smallest absolute Gasteiger partial charge is 0.159 e. The third-order valence-electron chi connectivity index (χ3n) is 2.80. The minimum atomic E-state index is -0.326. The van der Waals surface area contributed by atoms with Gasteiger partial charge in [0, 0.05) is 6.21 Å². The van der Waals surface area contributed by atoms with E-state index in [2.05, 4.69) is 23.0 Å². The van der Waals surface area contributed by atoms with E-state index in [1.165, 1.54) is 0 Å². The molecule has 2 heterocycles. The van der Waals surface area contributed by atoms with Gasteiger partial charge >= 0.3 is 0 Å².